The van der Waals surface area contributed by atoms with Crippen molar-refractivity contribution in [3.63, 3.8) is 0 Å². The Hall–Kier alpha value is -4.69. The molecule has 15 N–H and O–H groups in total. The molecule has 5 aromatic rings. The number of aromatic amines is 2. The summed E-state index contributed by atoms with van der Waals surface area (Å²) in [5, 5.41) is 33.2. The number of methoxy groups -OCH3 is 2. The standard InChI is InChI=1S/C38H54N14O23P4S/c1-5-15-6-7-42-29-21(20(15)39)43-12-50(29)36-28(67-4)27(73-76(58,59)68-10-18-25(54)26(55)35(71-18)51-13-44-22-30(51)45-37(40)47-32(22)56)19(72-36)11-80-79(64,65)75-78(62,63)74-77(60,61)69-9-17-16(8-66-3)24(53)34(70-17)52-14-49(2)23-31(52)46-38(41)48-33(23)57/h7,12-14,16-19,24-28,34-36,53-55H,5-6,8-11,39H2,1-4H3,(H9-,40,41,45,46,47,48,56,57,58,59,60,61,62,63,64,65)/p+1/t16-,17-,18-,19?,24-,25-,26-,27-,28-,34-,35-,36-/m1/s1. The predicted octanol–water partition coefficient (Wildman–Crippen LogP) is -1.43. The number of aromatic nitrogens is 10. The number of H-pyrrole nitrogens is 2. The van der Waals surface area contributed by atoms with Crippen LogP contribution < -0.4 is 32.9 Å². The lowest BCUT2D eigenvalue weighted by Crippen LogP contribution is -2.45. The van der Waals surface area contributed by atoms with Gasteiger partial charge in [0.15, 0.2) is 35.8 Å². The highest BCUT2D eigenvalue weighted by Gasteiger charge is 2.54. The number of fused-ring (bicyclic) bond motifs is 3. The van der Waals surface area contributed by atoms with Crippen molar-refractivity contribution in [3.8, 4) is 0 Å². The second-order valence-electron chi connectivity index (χ2n) is 18.2. The Labute approximate surface area is 452 Å². The van der Waals surface area contributed by atoms with E-state index in [2.05, 4.69) is 43.5 Å². The number of nitrogens with two attached hydrogens (primary N) is 3. The van der Waals surface area contributed by atoms with Gasteiger partial charge in [0.2, 0.25) is 17.7 Å². The van der Waals surface area contributed by atoms with E-state index in [1.165, 1.54) is 40.5 Å². The summed E-state index contributed by atoms with van der Waals surface area (Å²) in [4.78, 5) is 93.9. The minimum absolute atomic E-state index is 0.00721. The van der Waals surface area contributed by atoms with Crippen molar-refractivity contribution in [1.82, 2.24) is 43.6 Å². The molecule has 4 aliphatic rings. The van der Waals surface area contributed by atoms with Crippen molar-refractivity contribution >= 4 is 93.6 Å². The van der Waals surface area contributed by atoms with Gasteiger partial charge in [-0.05, 0) is 23.4 Å². The van der Waals surface area contributed by atoms with Gasteiger partial charge in [-0.1, -0.05) is 11.9 Å². The largest absolute Gasteiger partial charge is 0.488 e. The van der Waals surface area contributed by atoms with Crippen molar-refractivity contribution in [2.24, 2.45) is 23.7 Å². The normalized spacial score (nSPS) is 30.1. The van der Waals surface area contributed by atoms with E-state index in [0.717, 1.165) is 23.6 Å². The Morgan fingerprint density at radius 1 is 0.800 bits per heavy atom. The van der Waals surface area contributed by atoms with Gasteiger partial charge in [0.25, 0.3) is 17.1 Å². The molecule has 4 aliphatic heterocycles. The highest BCUT2D eigenvalue weighted by atomic mass is 32.7. The first-order valence-electron chi connectivity index (χ1n) is 23.6. The highest BCUT2D eigenvalue weighted by molar-refractivity contribution is 8.55. The summed E-state index contributed by atoms with van der Waals surface area (Å²) in [5.41, 5.74) is 17.6. The molecule has 5 aromatic heterocycles. The fraction of sp³-hybridized carbons (Fsp3) is 0.579. The number of nitrogens with one attached hydrogen (secondary N) is 2. The Kier molecular flexibility index (Phi) is 17.3. The Morgan fingerprint density at radius 2 is 1.48 bits per heavy atom. The molecular weight excluding hydrogens is 1180 g/mol. The van der Waals surface area contributed by atoms with E-state index < -0.39 is 134 Å². The molecule has 42 heteroatoms. The SMILES string of the molecule is CCC1=C(N)c2ncn([C@@H]3OC(CSP(=O)(O)OP(=O)(O)OP(=O)(O)OC[C@H]4O[C@@H]([n+]5cn(C)c6c(=O)[nH]c(N)nc65)[C@H](O)[C@@H]4COC)[C@@H](OP(=O)(O)OC[C@H]4O[C@@H](n5cnc6c(=O)[nH]c(N)nc65)[C@H](O)[C@@H]4O)[C@H]3OC)c2N=CC1. The van der Waals surface area contributed by atoms with E-state index in [-0.39, 0.29) is 63.7 Å². The fourth-order valence-corrected chi connectivity index (χ4v) is 16.4. The van der Waals surface area contributed by atoms with Crippen LogP contribution in [-0.4, -0.2) is 173 Å². The molecule has 37 nitrogen and oxygen atoms in total. The van der Waals surface area contributed by atoms with E-state index in [1.807, 2.05) is 6.92 Å². The second-order valence-corrected chi connectivity index (χ2v) is 26.8. The third-order valence-electron chi connectivity index (χ3n) is 13.1. The van der Waals surface area contributed by atoms with E-state index >= 15 is 0 Å². The highest BCUT2D eigenvalue weighted by Crippen LogP contribution is 2.72. The van der Waals surface area contributed by atoms with Gasteiger partial charge < -0.3 is 75.8 Å². The Balaban J connectivity index is 0.887. The summed E-state index contributed by atoms with van der Waals surface area (Å²) < 4.78 is 113. The second kappa shape index (κ2) is 23.2. The van der Waals surface area contributed by atoms with E-state index in [0.29, 0.717) is 18.5 Å². The number of aliphatic hydroxyl groups excluding tert-OH is 3. The van der Waals surface area contributed by atoms with Gasteiger partial charge in [-0.25, -0.2) is 37.8 Å². The number of aliphatic imine (C=N–C) groups is 1. The molecule has 9 heterocycles. The molecule has 0 aliphatic carbocycles. The molecule has 0 saturated carbocycles. The van der Waals surface area contributed by atoms with Crippen molar-refractivity contribution in [2.45, 2.75) is 87.3 Å². The average Bonchev–Trinajstić information content (AvgIpc) is 4.40. The van der Waals surface area contributed by atoms with Crippen molar-refractivity contribution in [2.75, 3.05) is 51.3 Å². The molecule has 16 atom stereocenters. The van der Waals surface area contributed by atoms with Crippen LogP contribution in [0.5, 0.6) is 0 Å². The monoisotopic (exact) mass is 1230 g/mol. The molecule has 0 bridgehead atoms. The summed E-state index contributed by atoms with van der Waals surface area (Å²) in [7, 11) is -13.3. The number of hydrogen-bond donors (Lipinski definition) is 12. The lowest BCUT2D eigenvalue weighted by molar-refractivity contribution is -0.745. The van der Waals surface area contributed by atoms with Gasteiger partial charge in [0.1, 0.15) is 42.3 Å². The van der Waals surface area contributed by atoms with Crippen molar-refractivity contribution in [3.05, 3.63) is 51.0 Å². The molecule has 0 amide bonds. The molecule has 80 heavy (non-hydrogen) atoms. The van der Waals surface area contributed by atoms with Crippen molar-refractivity contribution < 1.29 is 104 Å². The zero-order valence-electron chi connectivity index (χ0n) is 42.1. The Bertz CT molecular complexity index is 3540. The van der Waals surface area contributed by atoms with Gasteiger partial charge in [0.05, 0.1) is 57.4 Å². The van der Waals surface area contributed by atoms with E-state index in [9.17, 15) is 62.7 Å². The quantitative estimate of drug-likeness (QED) is 0.0279. The maximum atomic E-state index is 13.9. The van der Waals surface area contributed by atoms with Crippen LogP contribution in [-0.2, 0) is 71.2 Å². The lowest BCUT2D eigenvalue weighted by atomic mass is 9.99. The van der Waals surface area contributed by atoms with Crippen LogP contribution in [0.2, 0.25) is 0 Å². The summed E-state index contributed by atoms with van der Waals surface area (Å²) in [6.45, 7) is -5.78. The third-order valence-corrected chi connectivity index (χ3v) is 20.7. The van der Waals surface area contributed by atoms with Crippen LogP contribution in [0.15, 0.2) is 39.1 Å². The molecule has 0 radical (unpaired) electrons. The summed E-state index contributed by atoms with van der Waals surface area (Å²) >= 11 is -0.129. The number of phosphoric acid groups is 3. The smallest absolute Gasteiger partial charge is 0.397 e. The number of allylic oxidation sites excluding steroid dienone is 1. The van der Waals surface area contributed by atoms with Crippen LogP contribution in [0.4, 0.5) is 17.7 Å². The maximum absolute atomic E-state index is 13.9. The number of phosphoric ester groups is 2. The third kappa shape index (κ3) is 12.2. The summed E-state index contributed by atoms with van der Waals surface area (Å²) in [6, 6.07) is 0. The number of anilines is 2. The molecule has 5 unspecified atom stereocenters. The number of ether oxygens (including phenoxy) is 5. The number of nitrogen functional groups attached to an aromatic ring is 2. The van der Waals surface area contributed by atoms with E-state index in [4.69, 9.17) is 54.5 Å². The molecule has 9 rings (SSSR count). The molecule has 0 aromatic carbocycles. The van der Waals surface area contributed by atoms with Crippen LogP contribution in [0.3, 0.4) is 0 Å². The topological polar surface area (TPSA) is 529 Å². The molecule has 3 fully saturated rings. The number of imidazole rings is 3. The maximum Gasteiger partial charge on any atom is 0.488 e. The number of hydrogen-bond acceptors (Lipinski definition) is 28. The first kappa shape index (κ1) is 59.9. The minimum Gasteiger partial charge on any atom is -0.397 e. The molecule has 3 saturated heterocycles. The Morgan fingerprint density at radius 3 is 2.19 bits per heavy atom. The summed E-state index contributed by atoms with van der Waals surface area (Å²) in [5.74, 6) is -2.26. The number of rotatable bonds is 22. The van der Waals surface area contributed by atoms with Gasteiger partial charge in [0, 0.05) is 38.5 Å². The van der Waals surface area contributed by atoms with Crippen LogP contribution in [0, 0.1) is 5.92 Å². The summed E-state index contributed by atoms with van der Waals surface area (Å²) in [6.07, 6.45) is -10.7. The predicted molar refractivity (Wildman–Crippen MR) is 272 cm³/mol. The molecular formula is C38H55N14O23P4S+. The van der Waals surface area contributed by atoms with Gasteiger partial charge in [-0.2, -0.15) is 13.6 Å². The molecule has 440 valence electrons. The number of nitrogens with zero attached hydrogens (tertiary/aromatic N) is 9. The van der Waals surface area contributed by atoms with Crippen LogP contribution in [0.25, 0.3) is 28.0 Å². The zero-order valence-corrected chi connectivity index (χ0v) is 46.5. The first-order valence-corrected chi connectivity index (χ1v) is 31.2. The van der Waals surface area contributed by atoms with Gasteiger partial charge in [-0.15, -0.1) is 0 Å². The van der Waals surface area contributed by atoms with Gasteiger partial charge >= 0.3 is 35.9 Å². The lowest BCUT2D eigenvalue weighted by Gasteiger charge is -2.26. The number of aryl methyl sites for hydroxylation is 1. The van der Waals surface area contributed by atoms with Crippen LogP contribution >= 0.6 is 41.6 Å². The number of aliphatic hydroxyl groups is 3. The van der Waals surface area contributed by atoms with E-state index in [1.54, 1.807) is 6.21 Å². The van der Waals surface area contributed by atoms with Crippen molar-refractivity contribution in [1.29, 1.82) is 0 Å². The van der Waals surface area contributed by atoms with Gasteiger partial charge in [-0.3, -0.25) is 46.8 Å². The van der Waals surface area contributed by atoms with Crippen LogP contribution in [0.1, 0.15) is 44.1 Å². The molecule has 0 spiro atoms. The fourth-order valence-electron chi connectivity index (χ4n) is 9.43. The average molecular weight is 1230 g/mol. The first-order chi connectivity index (χ1) is 37.7. The zero-order chi connectivity index (χ0) is 58.0. The minimum atomic E-state index is -6.08.